The van der Waals surface area contributed by atoms with E-state index in [0.717, 1.165) is 0 Å². The maximum Gasteiger partial charge on any atom is 1.00 e. The summed E-state index contributed by atoms with van der Waals surface area (Å²) in [5.74, 6) is 0. The van der Waals surface area contributed by atoms with Gasteiger partial charge in [-0.25, -0.2) is 0 Å². The van der Waals surface area contributed by atoms with Crippen LogP contribution in [-0.4, -0.2) is 9.79 Å². The molecule has 0 spiro atoms. The van der Waals surface area contributed by atoms with Gasteiger partial charge in [0.2, 0.25) is 0 Å². The van der Waals surface area contributed by atoms with Crippen LogP contribution in [0.2, 0.25) is 0 Å². The van der Waals surface area contributed by atoms with Crippen LogP contribution in [0.3, 0.4) is 0 Å². The van der Waals surface area contributed by atoms with Gasteiger partial charge < -0.3 is 1.43 Å². The predicted octanol–water partition coefficient (Wildman–Crippen LogP) is -1.30. The van der Waals surface area contributed by atoms with E-state index in [0.29, 0.717) is 0 Å². The van der Waals surface area contributed by atoms with Crippen molar-refractivity contribution in [3.63, 3.8) is 0 Å². The largest absolute Gasteiger partial charge is 1.00 e. The van der Waals surface area contributed by atoms with E-state index < -0.39 is 8.25 Å². The van der Waals surface area contributed by atoms with Crippen molar-refractivity contribution in [3.8, 4) is 0 Å². The zero-order chi connectivity index (χ0) is 7.11. The molecule has 1 aliphatic rings. The maximum absolute atomic E-state index is 8.70. The molecule has 0 aliphatic heterocycles. The molecule has 0 heterocycles. The molecule has 56 valence electrons. The number of hydrogen-bond donors (Lipinski definition) is 2. The van der Waals surface area contributed by atoms with Gasteiger partial charge in [-0.05, 0) is 0 Å². The first kappa shape index (κ1) is 13.6. The van der Waals surface area contributed by atoms with Crippen molar-refractivity contribution in [2.75, 3.05) is 0 Å². The predicted molar refractivity (Wildman–Crippen MR) is 36.2 cm³/mol. The summed E-state index contributed by atoms with van der Waals surface area (Å²) < 4.78 is 8.70. The third-order valence-corrected chi connectivity index (χ3v) is 1.25. The van der Waals surface area contributed by atoms with Gasteiger partial charge in [0, 0.05) is 4.57 Å². The zero-order valence-electron chi connectivity index (χ0n) is 7.29. The van der Waals surface area contributed by atoms with Crippen LogP contribution >= 0.6 is 8.25 Å². The van der Waals surface area contributed by atoms with Gasteiger partial charge in [0.25, 0.3) is 0 Å². The molecule has 0 aromatic heterocycles. The molecule has 0 bridgehead atoms. The van der Waals surface area contributed by atoms with Crippen LogP contribution in [0.5, 0.6) is 0 Å². The van der Waals surface area contributed by atoms with Gasteiger partial charge in [0.05, 0.1) is 0 Å². The second kappa shape index (κ2) is 10.0. The Kier molecular flexibility index (Phi) is 13.6. The van der Waals surface area contributed by atoms with E-state index in [1.54, 1.807) is 0 Å². The van der Waals surface area contributed by atoms with Gasteiger partial charge in [-0.2, -0.15) is 0 Å². The minimum absolute atomic E-state index is 0. The third-order valence-electron chi connectivity index (χ3n) is 1.25. The Hall–Kier alpha value is 1.02. The quantitative estimate of drug-likeness (QED) is 0.355. The molecule has 3 nitrogen and oxygen atoms in total. The van der Waals surface area contributed by atoms with Crippen molar-refractivity contribution in [1.82, 2.24) is 0 Å². The molecule has 0 aromatic rings. The summed E-state index contributed by atoms with van der Waals surface area (Å²) >= 11 is 0. The Bertz CT molecular complexity index is 78.2. The molecule has 0 saturated heterocycles. The van der Waals surface area contributed by atoms with Gasteiger partial charge in [-0.15, -0.1) is 9.79 Å². The molecule has 10 heavy (non-hydrogen) atoms. The van der Waals surface area contributed by atoms with Gasteiger partial charge in [0.1, 0.15) is 0 Å². The van der Waals surface area contributed by atoms with Crippen molar-refractivity contribution in [1.29, 1.82) is 0 Å². The van der Waals surface area contributed by atoms with Crippen molar-refractivity contribution in [2.45, 2.75) is 32.1 Å². The van der Waals surface area contributed by atoms with E-state index in [1.165, 1.54) is 32.1 Å². The average molecular weight is 175 g/mol. The van der Waals surface area contributed by atoms with Crippen molar-refractivity contribution < 1.29 is 45.3 Å². The van der Waals surface area contributed by atoms with Crippen LogP contribution in [-0.2, 0) is 4.57 Å². The topological polar surface area (TPSA) is 57.5 Å². The normalized spacial score (nSPS) is 14.6. The molecule has 0 radical (unpaired) electrons. The van der Waals surface area contributed by atoms with E-state index >= 15 is 0 Å². The van der Waals surface area contributed by atoms with Crippen molar-refractivity contribution in [2.24, 2.45) is 0 Å². The summed E-state index contributed by atoms with van der Waals surface area (Å²) in [7, 11) is -2.87. The Morgan fingerprint density at radius 3 is 1.20 bits per heavy atom. The molecule has 5 heteroatoms. The summed E-state index contributed by atoms with van der Waals surface area (Å²) in [5, 5.41) is 0. The van der Waals surface area contributed by atoms with E-state index in [4.69, 9.17) is 14.4 Å². The molecule has 1 fully saturated rings. The fraction of sp³-hybridized carbons (Fsp3) is 1.00. The minimum atomic E-state index is -2.87. The molecule has 2 N–H and O–H groups in total. The molecule has 1 saturated carbocycles. The van der Waals surface area contributed by atoms with E-state index in [-0.39, 0.29) is 31.0 Å². The summed E-state index contributed by atoms with van der Waals surface area (Å²) in [6.45, 7) is 0. The monoisotopic (exact) mass is 175 g/mol. The maximum atomic E-state index is 8.70. The smallest absolute Gasteiger partial charge is 1.00 e. The van der Waals surface area contributed by atoms with E-state index in [1.807, 2.05) is 0 Å². The Morgan fingerprint density at radius 1 is 1.00 bits per heavy atom. The molecule has 0 unspecified atom stereocenters. The van der Waals surface area contributed by atoms with Crippen molar-refractivity contribution >= 4 is 8.25 Å². The molecule has 0 atom stereocenters. The molecular formula is C5H13NaO3P+. The van der Waals surface area contributed by atoms with Crippen LogP contribution in [0.15, 0.2) is 0 Å². The fourth-order valence-corrected chi connectivity index (χ4v) is 0.884. The van der Waals surface area contributed by atoms with Gasteiger partial charge >= 0.3 is 37.8 Å². The Labute approximate surface area is 85.6 Å². The van der Waals surface area contributed by atoms with Crippen LogP contribution in [0.4, 0.5) is 0 Å². The Morgan fingerprint density at radius 2 is 1.10 bits per heavy atom. The number of rotatable bonds is 0. The summed E-state index contributed by atoms with van der Waals surface area (Å²) in [6, 6.07) is 0. The van der Waals surface area contributed by atoms with E-state index in [9.17, 15) is 0 Å². The molecular weight excluding hydrogens is 162 g/mol. The van der Waals surface area contributed by atoms with Crippen LogP contribution in [0.1, 0.15) is 33.5 Å². The molecule has 1 rings (SSSR count). The summed E-state index contributed by atoms with van der Waals surface area (Å²) in [5.41, 5.74) is 0. The summed E-state index contributed by atoms with van der Waals surface area (Å²) in [4.78, 5) is 14.2. The first-order chi connectivity index (χ1) is 4.23. The molecule has 0 amide bonds. The first-order valence-electron chi connectivity index (χ1n) is 3.08. The zero-order valence-corrected chi connectivity index (χ0v) is 9.18. The van der Waals surface area contributed by atoms with Crippen LogP contribution in [0.25, 0.3) is 0 Å². The third kappa shape index (κ3) is 16.0. The first-order valence-corrected chi connectivity index (χ1v) is 4.25. The minimum Gasteiger partial charge on any atom is -1.00 e. The molecule has 0 aromatic carbocycles. The number of hydrogen-bond acceptors (Lipinski definition) is 1. The van der Waals surface area contributed by atoms with Gasteiger partial charge in [0.15, 0.2) is 0 Å². The standard InChI is InChI=1S/C5H10.Na.HO3P.H/c1-2-4-5-3-1;;1-4(2)3;/h1-5H2;;(H-,1,2,3);/q;+1;;-1/p+1. The second-order valence-corrected chi connectivity index (χ2v) is 2.53. The van der Waals surface area contributed by atoms with Gasteiger partial charge in [-0.1, -0.05) is 32.1 Å². The average Bonchev–Trinajstić information content (AvgIpc) is 2.11. The Balaban J connectivity index is -0.000000101. The van der Waals surface area contributed by atoms with Crippen molar-refractivity contribution in [3.05, 3.63) is 0 Å². The van der Waals surface area contributed by atoms with Crippen LogP contribution < -0.4 is 29.6 Å². The van der Waals surface area contributed by atoms with Crippen LogP contribution in [0, 0.1) is 0 Å². The fourth-order valence-electron chi connectivity index (χ4n) is 0.884. The molecule has 1 aliphatic carbocycles. The van der Waals surface area contributed by atoms with E-state index in [2.05, 4.69) is 0 Å². The second-order valence-electron chi connectivity index (χ2n) is 2.02. The SMILES string of the molecule is C1CCCC1.O=[P+](O)O.[H-].[Na+]. The summed E-state index contributed by atoms with van der Waals surface area (Å²) in [6.07, 6.45) is 7.50. The van der Waals surface area contributed by atoms with Gasteiger partial charge in [-0.3, -0.25) is 0 Å².